The SMILES string of the molecule is CO[C@@H]1OC(CO)[C@@H](O[C@H]2O[C@@H](CO[C@H]3O[C@@H](CO)[C@H](O)C(O)C3O)[C@@H](O[C@@H]3OC(CO)[C@@H](O[C@H]4O[C@@H](CO)[C@@H](O[C@@H]5OC(CO)[C@@H](OC)[C@H](O)C5O)C(O)C4O)[C@@H](O)C3O)C(O)C2O)[C@H](O)C1O. The number of aliphatic hydroxyl groups is 18. The standard InChI is InChI=1S/C38H66O31/c1-57-28-10(4-40)62-35(24(53)17(28)46)66-30-12(6-42)63-36(25(54)19(30)48)67-31-13(7-43)64-37(26(55)20(31)49)69-32-14(8-59-34-22(51)16(45)15(44)9(3-39)60-34)65-38(27(56)21(32)50)68-29-11(5-41)61-33(58-2)23(52)18(29)47/h9-56H,3-8H2,1-2H3/t9-,10?,11?,12-,13?,14-,15-,16?,17+,18+,19?,20-,21?,22?,23?,24?,25?,26?,27?,28+,29+,30+,31+,32+,33+,34-,35-,36+,37-,38+/m0/s1. The van der Waals surface area contributed by atoms with Gasteiger partial charge in [0.15, 0.2) is 37.7 Å². The van der Waals surface area contributed by atoms with Crippen molar-refractivity contribution in [1.29, 1.82) is 0 Å². The molecule has 6 saturated heterocycles. The number of aliphatic hydroxyl groups excluding tert-OH is 18. The van der Waals surface area contributed by atoms with Crippen molar-refractivity contribution in [2.24, 2.45) is 0 Å². The van der Waals surface area contributed by atoms with Crippen molar-refractivity contribution in [2.75, 3.05) is 53.9 Å². The van der Waals surface area contributed by atoms with Gasteiger partial charge in [-0.2, -0.15) is 0 Å². The number of hydrogen-bond donors (Lipinski definition) is 18. The average molecular weight is 1020 g/mol. The molecule has 6 rings (SSSR count). The second kappa shape index (κ2) is 24.9. The monoisotopic (exact) mass is 1020 g/mol. The maximum Gasteiger partial charge on any atom is 0.187 e. The highest BCUT2D eigenvalue weighted by molar-refractivity contribution is 4.99. The molecule has 0 saturated carbocycles. The Balaban J connectivity index is 1.17. The van der Waals surface area contributed by atoms with Crippen molar-refractivity contribution < 1.29 is 153 Å². The average Bonchev–Trinajstić information content (AvgIpc) is 3.34. The summed E-state index contributed by atoms with van der Waals surface area (Å²) in [5.74, 6) is 0. The summed E-state index contributed by atoms with van der Waals surface area (Å²) in [5.41, 5.74) is 0. The summed E-state index contributed by atoms with van der Waals surface area (Å²) in [6, 6.07) is 0. The molecule has 6 aliphatic heterocycles. The Bertz CT molecular complexity index is 1530. The van der Waals surface area contributed by atoms with E-state index in [1.165, 1.54) is 7.11 Å². The first-order chi connectivity index (χ1) is 32.8. The lowest BCUT2D eigenvalue weighted by atomic mass is 9.95. The molecule has 18 N–H and O–H groups in total. The highest BCUT2D eigenvalue weighted by Crippen LogP contribution is 2.36. The number of ether oxygens (including phenoxy) is 13. The molecule has 0 aromatic carbocycles. The number of hydrogen-bond acceptors (Lipinski definition) is 31. The first kappa shape index (κ1) is 57.0. The van der Waals surface area contributed by atoms with Crippen LogP contribution in [0.4, 0.5) is 0 Å². The van der Waals surface area contributed by atoms with Crippen LogP contribution in [0.1, 0.15) is 0 Å². The maximum atomic E-state index is 11.5. The zero-order valence-electron chi connectivity index (χ0n) is 36.9. The number of methoxy groups -OCH3 is 2. The summed E-state index contributed by atoms with van der Waals surface area (Å²) in [6.07, 6.45) is -54.3. The maximum absolute atomic E-state index is 11.5. The van der Waals surface area contributed by atoms with Crippen molar-refractivity contribution in [3.8, 4) is 0 Å². The molecule has 0 aromatic rings. The fourth-order valence-electron chi connectivity index (χ4n) is 8.87. The van der Waals surface area contributed by atoms with Crippen LogP contribution in [-0.2, 0) is 61.6 Å². The lowest BCUT2D eigenvalue weighted by molar-refractivity contribution is -0.395. The van der Waals surface area contributed by atoms with E-state index in [1.54, 1.807) is 0 Å². The van der Waals surface area contributed by atoms with Crippen LogP contribution in [0.25, 0.3) is 0 Å². The van der Waals surface area contributed by atoms with Gasteiger partial charge in [-0.05, 0) is 0 Å². The van der Waals surface area contributed by atoms with Crippen molar-refractivity contribution in [1.82, 2.24) is 0 Å². The second-order valence-corrected chi connectivity index (χ2v) is 17.2. The van der Waals surface area contributed by atoms with Gasteiger partial charge in [0.1, 0.15) is 146 Å². The predicted octanol–water partition coefficient (Wildman–Crippen LogP) is -12.8. The molecule has 0 spiro atoms. The highest BCUT2D eigenvalue weighted by atomic mass is 16.8. The van der Waals surface area contributed by atoms with Gasteiger partial charge in [-0.15, -0.1) is 0 Å². The van der Waals surface area contributed by atoms with Crippen molar-refractivity contribution >= 4 is 0 Å². The molecule has 12 unspecified atom stereocenters. The van der Waals surface area contributed by atoms with Crippen LogP contribution in [0, 0.1) is 0 Å². The van der Waals surface area contributed by atoms with Crippen LogP contribution in [-0.4, -0.2) is 330 Å². The third kappa shape index (κ3) is 11.8. The Morgan fingerprint density at radius 2 is 0.551 bits per heavy atom. The van der Waals surface area contributed by atoms with Crippen molar-refractivity contribution in [3.63, 3.8) is 0 Å². The summed E-state index contributed by atoms with van der Waals surface area (Å²) < 4.78 is 72.2. The van der Waals surface area contributed by atoms with Crippen LogP contribution < -0.4 is 0 Å². The fourth-order valence-corrected chi connectivity index (χ4v) is 8.87. The highest BCUT2D eigenvalue weighted by Gasteiger charge is 2.57. The molecule has 0 aliphatic carbocycles. The molecule has 30 atom stereocenters. The van der Waals surface area contributed by atoms with Gasteiger partial charge in [0, 0.05) is 14.2 Å². The minimum absolute atomic E-state index is 0.700. The van der Waals surface area contributed by atoms with E-state index in [9.17, 15) is 91.9 Å². The van der Waals surface area contributed by atoms with Crippen LogP contribution >= 0.6 is 0 Å². The molecule has 6 aliphatic rings. The summed E-state index contributed by atoms with van der Waals surface area (Å²) in [5, 5.41) is 192. The van der Waals surface area contributed by atoms with E-state index in [0.717, 1.165) is 7.11 Å². The van der Waals surface area contributed by atoms with Crippen molar-refractivity contribution in [3.05, 3.63) is 0 Å². The van der Waals surface area contributed by atoms with Crippen LogP contribution in [0.2, 0.25) is 0 Å². The van der Waals surface area contributed by atoms with Crippen molar-refractivity contribution in [2.45, 2.75) is 184 Å². The molecular weight excluding hydrogens is 952 g/mol. The Kier molecular flexibility index (Phi) is 20.6. The second-order valence-electron chi connectivity index (χ2n) is 17.2. The molecule has 6 fully saturated rings. The smallest absolute Gasteiger partial charge is 0.187 e. The molecule has 0 amide bonds. The largest absolute Gasteiger partial charge is 0.394 e. The van der Waals surface area contributed by atoms with E-state index < -0.39 is 224 Å². The van der Waals surface area contributed by atoms with E-state index in [0.29, 0.717) is 0 Å². The Labute approximate surface area is 391 Å². The van der Waals surface area contributed by atoms with Gasteiger partial charge in [0.25, 0.3) is 0 Å². The quantitative estimate of drug-likeness (QED) is 0.0606. The molecule has 6 heterocycles. The Morgan fingerprint density at radius 1 is 0.275 bits per heavy atom. The minimum Gasteiger partial charge on any atom is -0.394 e. The van der Waals surface area contributed by atoms with Gasteiger partial charge in [-0.3, -0.25) is 0 Å². The van der Waals surface area contributed by atoms with Gasteiger partial charge >= 0.3 is 0 Å². The normalized spacial score (nSPS) is 52.2. The molecular formula is C38H66O31. The van der Waals surface area contributed by atoms with E-state index in [4.69, 9.17) is 61.6 Å². The lowest BCUT2D eigenvalue weighted by Crippen LogP contribution is -2.68. The van der Waals surface area contributed by atoms with Crippen LogP contribution in [0.3, 0.4) is 0 Å². The topological polar surface area (TPSA) is 484 Å². The van der Waals surface area contributed by atoms with E-state index in [2.05, 4.69) is 0 Å². The van der Waals surface area contributed by atoms with Gasteiger partial charge in [0.05, 0.1) is 39.6 Å². The molecule has 0 radical (unpaired) electrons. The molecule has 31 heteroatoms. The third-order valence-corrected chi connectivity index (χ3v) is 12.9. The first-order valence-electron chi connectivity index (χ1n) is 21.9. The van der Waals surface area contributed by atoms with E-state index >= 15 is 0 Å². The summed E-state index contributed by atoms with van der Waals surface area (Å²) >= 11 is 0. The molecule has 31 nitrogen and oxygen atoms in total. The third-order valence-electron chi connectivity index (χ3n) is 12.9. The predicted molar refractivity (Wildman–Crippen MR) is 209 cm³/mol. The Hall–Kier alpha value is -1.24. The molecule has 404 valence electrons. The zero-order chi connectivity index (χ0) is 50.8. The van der Waals surface area contributed by atoms with Gasteiger partial charge < -0.3 is 153 Å². The van der Waals surface area contributed by atoms with E-state index in [-0.39, 0.29) is 0 Å². The molecule has 69 heavy (non-hydrogen) atoms. The summed E-state index contributed by atoms with van der Waals surface area (Å²) in [7, 11) is 2.33. The van der Waals surface area contributed by atoms with Gasteiger partial charge in [-0.25, -0.2) is 0 Å². The van der Waals surface area contributed by atoms with Gasteiger partial charge in [0.2, 0.25) is 0 Å². The summed E-state index contributed by atoms with van der Waals surface area (Å²) in [6.45, 7) is -5.23. The molecule has 0 aromatic heterocycles. The van der Waals surface area contributed by atoms with Crippen LogP contribution in [0.5, 0.6) is 0 Å². The molecule has 0 bridgehead atoms. The Morgan fingerprint density at radius 3 is 0.899 bits per heavy atom. The first-order valence-corrected chi connectivity index (χ1v) is 21.9. The summed E-state index contributed by atoms with van der Waals surface area (Å²) in [4.78, 5) is 0. The van der Waals surface area contributed by atoms with Crippen LogP contribution in [0.15, 0.2) is 0 Å². The minimum atomic E-state index is -2.22. The fraction of sp³-hybridized carbons (Fsp3) is 1.00. The lowest BCUT2D eigenvalue weighted by Gasteiger charge is -2.50. The van der Waals surface area contributed by atoms with E-state index in [1.807, 2.05) is 0 Å². The van der Waals surface area contributed by atoms with Gasteiger partial charge in [-0.1, -0.05) is 0 Å². The zero-order valence-corrected chi connectivity index (χ0v) is 36.9. The number of rotatable bonds is 18.